The molecule has 0 bridgehead atoms. The van der Waals surface area contributed by atoms with Crippen molar-refractivity contribution in [2.75, 3.05) is 14.2 Å². The van der Waals surface area contributed by atoms with Crippen molar-refractivity contribution in [3.63, 3.8) is 0 Å². The van der Waals surface area contributed by atoms with E-state index in [4.69, 9.17) is 14.6 Å². The van der Waals surface area contributed by atoms with Crippen LogP contribution in [-0.4, -0.2) is 25.3 Å². The molecule has 0 amide bonds. The molecule has 0 aliphatic carbocycles. The molecule has 1 N–H and O–H groups in total. The molecule has 1 aromatic rings. The highest BCUT2D eigenvalue weighted by atomic mass is 16.5. The lowest BCUT2D eigenvalue weighted by atomic mass is 9.94. The maximum atomic E-state index is 10.9. The summed E-state index contributed by atoms with van der Waals surface area (Å²) < 4.78 is 10.6. The van der Waals surface area contributed by atoms with E-state index in [2.05, 4.69) is 0 Å². The predicted molar refractivity (Wildman–Crippen MR) is 69.5 cm³/mol. The smallest absolute Gasteiger partial charge is 0.306 e. The van der Waals surface area contributed by atoms with Crippen LogP contribution >= 0.6 is 0 Å². The van der Waals surface area contributed by atoms with Crippen molar-refractivity contribution in [2.45, 2.75) is 27.2 Å². The van der Waals surface area contributed by atoms with Gasteiger partial charge in [0.15, 0.2) is 11.5 Å². The van der Waals surface area contributed by atoms with Gasteiger partial charge in [0.1, 0.15) is 0 Å². The second kappa shape index (κ2) is 5.76. The first-order chi connectivity index (χ1) is 8.42. The van der Waals surface area contributed by atoms with Crippen LogP contribution in [0.5, 0.6) is 11.5 Å². The topological polar surface area (TPSA) is 55.8 Å². The van der Waals surface area contributed by atoms with Crippen molar-refractivity contribution >= 4 is 5.97 Å². The molecular weight excluding hydrogens is 232 g/mol. The number of hydrogen-bond acceptors (Lipinski definition) is 3. The number of methoxy groups -OCH3 is 2. The molecule has 4 nitrogen and oxygen atoms in total. The van der Waals surface area contributed by atoms with Gasteiger partial charge in [-0.15, -0.1) is 0 Å². The van der Waals surface area contributed by atoms with Crippen LogP contribution in [0.4, 0.5) is 0 Å². The highest BCUT2D eigenvalue weighted by Crippen LogP contribution is 2.35. The van der Waals surface area contributed by atoms with Gasteiger partial charge in [-0.2, -0.15) is 0 Å². The summed E-state index contributed by atoms with van der Waals surface area (Å²) in [5, 5.41) is 8.97. The standard InChI is InChI=1S/C14H20O4/c1-8(14(15)16)6-11-7-12(17-4)13(18-5)10(3)9(11)2/h7-8H,6H2,1-5H3,(H,15,16). The van der Waals surface area contributed by atoms with Gasteiger partial charge in [0.05, 0.1) is 20.1 Å². The quantitative estimate of drug-likeness (QED) is 0.875. The van der Waals surface area contributed by atoms with Crippen molar-refractivity contribution < 1.29 is 19.4 Å². The van der Waals surface area contributed by atoms with Gasteiger partial charge in [-0.3, -0.25) is 4.79 Å². The molecule has 0 saturated heterocycles. The molecule has 0 aromatic heterocycles. The van der Waals surface area contributed by atoms with Crippen molar-refractivity contribution in [3.8, 4) is 11.5 Å². The monoisotopic (exact) mass is 252 g/mol. The zero-order valence-electron chi connectivity index (χ0n) is 11.5. The minimum Gasteiger partial charge on any atom is -0.493 e. The Morgan fingerprint density at radius 1 is 1.28 bits per heavy atom. The Morgan fingerprint density at radius 2 is 1.89 bits per heavy atom. The molecule has 0 saturated carbocycles. The fourth-order valence-electron chi connectivity index (χ4n) is 1.96. The van der Waals surface area contributed by atoms with Crippen molar-refractivity contribution in [3.05, 3.63) is 22.8 Å². The largest absolute Gasteiger partial charge is 0.493 e. The Bertz CT molecular complexity index is 452. The summed E-state index contributed by atoms with van der Waals surface area (Å²) in [5.74, 6) is 0.151. The van der Waals surface area contributed by atoms with Gasteiger partial charge in [-0.25, -0.2) is 0 Å². The molecule has 0 aliphatic heterocycles. The Kier molecular flexibility index (Phi) is 4.59. The second-order valence-corrected chi connectivity index (χ2v) is 4.46. The zero-order chi connectivity index (χ0) is 13.9. The average Bonchev–Trinajstić information content (AvgIpc) is 2.34. The number of rotatable bonds is 5. The highest BCUT2D eigenvalue weighted by molar-refractivity contribution is 5.70. The van der Waals surface area contributed by atoms with Gasteiger partial charge in [-0.1, -0.05) is 6.92 Å². The van der Waals surface area contributed by atoms with Gasteiger partial charge in [0, 0.05) is 0 Å². The lowest BCUT2D eigenvalue weighted by Crippen LogP contribution is -2.13. The molecule has 1 atom stereocenters. The number of ether oxygens (including phenoxy) is 2. The molecule has 1 aromatic carbocycles. The van der Waals surface area contributed by atoms with E-state index in [0.29, 0.717) is 17.9 Å². The third-order valence-corrected chi connectivity index (χ3v) is 3.29. The van der Waals surface area contributed by atoms with Crippen molar-refractivity contribution in [2.24, 2.45) is 5.92 Å². The molecule has 0 heterocycles. The van der Waals surface area contributed by atoms with Crippen LogP contribution in [0.15, 0.2) is 6.07 Å². The maximum Gasteiger partial charge on any atom is 0.306 e. The number of aliphatic carboxylic acids is 1. The van der Waals surface area contributed by atoms with E-state index in [-0.39, 0.29) is 0 Å². The van der Waals surface area contributed by atoms with Gasteiger partial charge in [-0.05, 0) is 43.0 Å². The number of carboxylic acids is 1. The first-order valence-corrected chi connectivity index (χ1v) is 5.86. The molecule has 4 heteroatoms. The molecule has 1 rings (SSSR count). The third kappa shape index (κ3) is 2.75. The maximum absolute atomic E-state index is 10.9. The van der Waals surface area contributed by atoms with Gasteiger partial charge >= 0.3 is 5.97 Å². The Morgan fingerprint density at radius 3 is 2.33 bits per heavy atom. The van der Waals surface area contributed by atoms with Gasteiger partial charge < -0.3 is 14.6 Å². The molecule has 0 radical (unpaired) electrons. The first kappa shape index (κ1) is 14.4. The van der Waals surface area contributed by atoms with E-state index in [1.165, 1.54) is 0 Å². The van der Waals surface area contributed by atoms with E-state index >= 15 is 0 Å². The summed E-state index contributed by atoms with van der Waals surface area (Å²) in [6.45, 7) is 5.63. The summed E-state index contributed by atoms with van der Waals surface area (Å²) in [6, 6.07) is 1.86. The van der Waals surface area contributed by atoms with Crippen LogP contribution in [0, 0.1) is 19.8 Å². The fraction of sp³-hybridized carbons (Fsp3) is 0.500. The molecule has 0 fully saturated rings. The zero-order valence-corrected chi connectivity index (χ0v) is 11.5. The molecule has 0 aliphatic rings. The summed E-state index contributed by atoms with van der Waals surface area (Å²) in [5.41, 5.74) is 3.03. The second-order valence-electron chi connectivity index (χ2n) is 4.46. The van der Waals surface area contributed by atoms with E-state index in [1.807, 2.05) is 19.9 Å². The van der Waals surface area contributed by atoms with Crippen molar-refractivity contribution in [1.82, 2.24) is 0 Å². The SMILES string of the molecule is COc1cc(CC(C)C(=O)O)c(C)c(C)c1OC. The van der Waals surface area contributed by atoms with Crippen molar-refractivity contribution in [1.29, 1.82) is 0 Å². The molecule has 100 valence electrons. The normalized spacial score (nSPS) is 12.1. The van der Waals surface area contributed by atoms with Gasteiger partial charge in [0.2, 0.25) is 0 Å². The average molecular weight is 252 g/mol. The number of carbonyl (C=O) groups is 1. The predicted octanol–water partition coefficient (Wildman–Crippen LogP) is 2.58. The minimum absolute atomic E-state index is 0.416. The molecule has 18 heavy (non-hydrogen) atoms. The Labute approximate surface area is 108 Å². The summed E-state index contributed by atoms with van der Waals surface area (Å²) in [6.07, 6.45) is 0.488. The van der Waals surface area contributed by atoms with E-state index < -0.39 is 11.9 Å². The lowest BCUT2D eigenvalue weighted by molar-refractivity contribution is -0.141. The number of benzene rings is 1. The summed E-state index contributed by atoms with van der Waals surface area (Å²) in [4.78, 5) is 10.9. The minimum atomic E-state index is -0.790. The van der Waals surface area contributed by atoms with E-state index in [1.54, 1.807) is 21.1 Å². The summed E-state index contributed by atoms with van der Waals surface area (Å²) in [7, 11) is 3.18. The van der Waals surface area contributed by atoms with Crippen LogP contribution < -0.4 is 9.47 Å². The van der Waals surface area contributed by atoms with Crippen LogP contribution in [0.1, 0.15) is 23.6 Å². The third-order valence-electron chi connectivity index (χ3n) is 3.29. The molecule has 0 spiro atoms. The first-order valence-electron chi connectivity index (χ1n) is 5.86. The van der Waals surface area contributed by atoms with Gasteiger partial charge in [0.25, 0.3) is 0 Å². The Hall–Kier alpha value is -1.71. The fourth-order valence-corrected chi connectivity index (χ4v) is 1.96. The van der Waals surface area contributed by atoms with Crippen LogP contribution in [-0.2, 0) is 11.2 Å². The van der Waals surface area contributed by atoms with Crippen LogP contribution in [0.2, 0.25) is 0 Å². The number of hydrogen-bond donors (Lipinski definition) is 1. The van der Waals surface area contributed by atoms with E-state index in [0.717, 1.165) is 16.7 Å². The van der Waals surface area contributed by atoms with Crippen LogP contribution in [0.25, 0.3) is 0 Å². The summed E-state index contributed by atoms with van der Waals surface area (Å²) >= 11 is 0. The van der Waals surface area contributed by atoms with E-state index in [9.17, 15) is 4.79 Å². The molecular formula is C14H20O4. The molecule has 1 unspecified atom stereocenters. The number of carboxylic acid groups (broad SMARTS) is 1. The van der Waals surface area contributed by atoms with Crippen LogP contribution in [0.3, 0.4) is 0 Å². The highest BCUT2D eigenvalue weighted by Gasteiger charge is 2.18. The lowest BCUT2D eigenvalue weighted by Gasteiger charge is -2.17. The Balaban J connectivity index is 3.21.